The van der Waals surface area contributed by atoms with Gasteiger partial charge in [-0.25, -0.2) is 10.1 Å². The third-order valence-corrected chi connectivity index (χ3v) is 3.39. The topological polar surface area (TPSA) is 79.5 Å². The first-order chi connectivity index (χ1) is 11.6. The number of benzene rings is 2. The SMILES string of the molecule is Cc1ccc(-n2cc(O)c(C(=O)N/N=C/c3ccccc3)n2)cc1. The van der Waals surface area contributed by atoms with E-state index in [2.05, 4.69) is 15.6 Å². The van der Waals surface area contributed by atoms with Crippen molar-refractivity contribution in [2.75, 3.05) is 0 Å². The Morgan fingerprint density at radius 2 is 1.88 bits per heavy atom. The van der Waals surface area contributed by atoms with Crippen molar-refractivity contribution in [1.29, 1.82) is 0 Å². The summed E-state index contributed by atoms with van der Waals surface area (Å²) in [6.07, 6.45) is 2.91. The highest BCUT2D eigenvalue weighted by atomic mass is 16.3. The molecule has 0 spiro atoms. The molecule has 2 aromatic carbocycles. The van der Waals surface area contributed by atoms with E-state index in [0.717, 1.165) is 16.8 Å². The molecule has 1 aromatic heterocycles. The molecule has 120 valence electrons. The van der Waals surface area contributed by atoms with Gasteiger partial charge in [-0.05, 0) is 24.6 Å². The maximum atomic E-state index is 12.1. The number of nitrogens with one attached hydrogen (secondary N) is 1. The summed E-state index contributed by atoms with van der Waals surface area (Å²) < 4.78 is 1.45. The third kappa shape index (κ3) is 3.49. The molecule has 0 aliphatic carbocycles. The lowest BCUT2D eigenvalue weighted by Crippen LogP contribution is -2.18. The number of hydrogen-bond donors (Lipinski definition) is 2. The minimum atomic E-state index is -0.578. The molecule has 1 heterocycles. The number of carbonyl (C=O) groups is 1. The van der Waals surface area contributed by atoms with Gasteiger partial charge >= 0.3 is 0 Å². The second-order valence-corrected chi connectivity index (χ2v) is 5.25. The zero-order chi connectivity index (χ0) is 16.9. The highest BCUT2D eigenvalue weighted by molar-refractivity contribution is 5.95. The van der Waals surface area contributed by atoms with Crippen LogP contribution in [0.3, 0.4) is 0 Å². The quantitative estimate of drug-likeness (QED) is 0.573. The fourth-order valence-corrected chi connectivity index (χ4v) is 2.11. The van der Waals surface area contributed by atoms with E-state index in [4.69, 9.17) is 0 Å². The van der Waals surface area contributed by atoms with E-state index in [-0.39, 0.29) is 11.4 Å². The molecule has 0 saturated heterocycles. The van der Waals surface area contributed by atoms with Gasteiger partial charge < -0.3 is 5.11 Å². The molecule has 3 rings (SSSR count). The Morgan fingerprint density at radius 1 is 1.17 bits per heavy atom. The molecule has 0 fully saturated rings. The minimum absolute atomic E-state index is 0.0826. The second kappa shape index (κ2) is 6.78. The van der Waals surface area contributed by atoms with Crippen LogP contribution in [0.25, 0.3) is 5.69 Å². The maximum absolute atomic E-state index is 12.1. The molecular formula is C18H16N4O2. The first-order valence-electron chi connectivity index (χ1n) is 7.37. The Kier molecular flexibility index (Phi) is 4.38. The van der Waals surface area contributed by atoms with Crippen molar-refractivity contribution in [3.05, 3.63) is 77.6 Å². The highest BCUT2D eigenvalue weighted by Crippen LogP contribution is 2.18. The van der Waals surface area contributed by atoms with Crippen molar-refractivity contribution in [2.24, 2.45) is 5.10 Å². The van der Waals surface area contributed by atoms with Gasteiger partial charge in [0.2, 0.25) is 0 Å². The fourth-order valence-electron chi connectivity index (χ4n) is 2.11. The molecule has 0 saturated carbocycles. The van der Waals surface area contributed by atoms with Gasteiger partial charge in [-0.1, -0.05) is 48.0 Å². The lowest BCUT2D eigenvalue weighted by molar-refractivity contribution is 0.0947. The number of aromatic nitrogens is 2. The lowest BCUT2D eigenvalue weighted by atomic mass is 10.2. The molecule has 0 aliphatic rings. The van der Waals surface area contributed by atoms with Crippen LogP contribution in [0.5, 0.6) is 5.75 Å². The number of rotatable bonds is 4. The minimum Gasteiger partial charge on any atom is -0.504 e. The van der Waals surface area contributed by atoms with Crippen LogP contribution in [0.15, 0.2) is 65.9 Å². The van der Waals surface area contributed by atoms with E-state index < -0.39 is 5.91 Å². The summed E-state index contributed by atoms with van der Waals surface area (Å²) in [5, 5.41) is 17.9. The van der Waals surface area contributed by atoms with Gasteiger partial charge in [-0.15, -0.1) is 0 Å². The van der Waals surface area contributed by atoms with Crippen LogP contribution in [-0.2, 0) is 0 Å². The fraction of sp³-hybridized carbons (Fsp3) is 0.0556. The van der Waals surface area contributed by atoms with Crippen LogP contribution in [0.4, 0.5) is 0 Å². The Bertz CT molecular complexity index is 868. The molecule has 0 atom stereocenters. The number of hydrazone groups is 1. The average Bonchev–Trinajstić information content (AvgIpc) is 2.98. The average molecular weight is 320 g/mol. The summed E-state index contributed by atoms with van der Waals surface area (Å²) in [6, 6.07) is 16.9. The van der Waals surface area contributed by atoms with E-state index in [0.29, 0.717) is 0 Å². The molecular weight excluding hydrogens is 304 g/mol. The van der Waals surface area contributed by atoms with Gasteiger partial charge in [0.15, 0.2) is 11.4 Å². The third-order valence-electron chi connectivity index (χ3n) is 3.39. The molecule has 2 N–H and O–H groups in total. The molecule has 0 unspecified atom stereocenters. The van der Waals surface area contributed by atoms with E-state index in [1.165, 1.54) is 17.1 Å². The largest absolute Gasteiger partial charge is 0.504 e. The number of carbonyl (C=O) groups excluding carboxylic acids is 1. The summed E-state index contributed by atoms with van der Waals surface area (Å²) in [6.45, 7) is 1.98. The maximum Gasteiger partial charge on any atom is 0.295 e. The van der Waals surface area contributed by atoms with Crippen LogP contribution in [0, 0.1) is 6.92 Å². The van der Waals surface area contributed by atoms with Gasteiger partial charge in [-0.2, -0.15) is 10.2 Å². The summed E-state index contributed by atoms with van der Waals surface area (Å²) in [5.41, 5.74) is 4.99. The first kappa shape index (κ1) is 15.5. The van der Waals surface area contributed by atoms with Crippen molar-refractivity contribution in [3.8, 4) is 11.4 Å². The van der Waals surface area contributed by atoms with E-state index in [1.54, 1.807) is 0 Å². The van der Waals surface area contributed by atoms with Crippen molar-refractivity contribution in [3.63, 3.8) is 0 Å². The Labute approximate surface area is 139 Å². The van der Waals surface area contributed by atoms with Crippen LogP contribution >= 0.6 is 0 Å². The molecule has 3 aromatic rings. The standard InChI is InChI=1S/C18H16N4O2/c1-13-7-9-15(10-8-13)22-12-16(23)17(21-22)18(24)20-19-11-14-5-3-2-4-6-14/h2-12,23H,1H3,(H,20,24)/b19-11+. The summed E-state index contributed by atoms with van der Waals surface area (Å²) in [4.78, 5) is 12.1. The van der Waals surface area contributed by atoms with Gasteiger partial charge in [0.1, 0.15) is 0 Å². The van der Waals surface area contributed by atoms with Gasteiger partial charge in [-0.3, -0.25) is 4.79 Å². The Hall–Kier alpha value is -3.41. The van der Waals surface area contributed by atoms with Gasteiger partial charge in [0.25, 0.3) is 5.91 Å². The van der Waals surface area contributed by atoms with Crippen molar-refractivity contribution in [1.82, 2.24) is 15.2 Å². The number of aryl methyl sites for hydroxylation is 1. The van der Waals surface area contributed by atoms with Crippen LogP contribution in [0.1, 0.15) is 21.6 Å². The van der Waals surface area contributed by atoms with Crippen LogP contribution < -0.4 is 5.43 Å². The number of amides is 1. The first-order valence-corrected chi connectivity index (χ1v) is 7.37. The molecule has 0 aliphatic heterocycles. The number of nitrogens with zero attached hydrogens (tertiary/aromatic N) is 3. The van der Waals surface area contributed by atoms with Crippen LogP contribution in [-0.4, -0.2) is 27.0 Å². The number of hydrogen-bond acceptors (Lipinski definition) is 4. The predicted octanol–water partition coefficient (Wildman–Crippen LogP) is 2.65. The Morgan fingerprint density at radius 3 is 2.58 bits per heavy atom. The smallest absolute Gasteiger partial charge is 0.295 e. The molecule has 6 nitrogen and oxygen atoms in total. The summed E-state index contributed by atoms with van der Waals surface area (Å²) >= 11 is 0. The Balaban J connectivity index is 1.73. The van der Waals surface area contributed by atoms with Crippen molar-refractivity contribution in [2.45, 2.75) is 6.92 Å². The normalized spacial score (nSPS) is 10.9. The summed E-state index contributed by atoms with van der Waals surface area (Å²) in [5.74, 6) is -0.784. The monoisotopic (exact) mass is 320 g/mol. The van der Waals surface area contributed by atoms with Gasteiger partial charge in [0, 0.05) is 0 Å². The predicted molar refractivity (Wildman–Crippen MR) is 91.5 cm³/mol. The van der Waals surface area contributed by atoms with E-state index in [1.807, 2.05) is 61.5 Å². The van der Waals surface area contributed by atoms with Crippen molar-refractivity contribution >= 4 is 12.1 Å². The van der Waals surface area contributed by atoms with E-state index in [9.17, 15) is 9.90 Å². The molecule has 24 heavy (non-hydrogen) atoms. The zero-order valence-corrected chi connectivity index (χ0v) is 13.0. The number of aromatic hydroxyl groups is 1. The summed E-state index contributed by atoms with van der Waals surface area (Å²) in [7, 11) is 0. The zero-order valence-electron chi connectivity index (χ0n) is 13.0. The van der Waals surface area contributed by atoms with E-state index >= 15 is 0 Å². The lowest BCUT2D eigenvalue weighted by Gasteiger charge is -2.00. The molecule has 6 heteroatoms. The highest BCUT2D eigenvalue weighted by Gasteiger charge is 2.16. The second-order valence-electron chi connectivity index (χ2n) is 5.25. The van der Waals surface area contributed by atoms with Crippen molar-refractivity contribution < 1.29 is 9.90 Å². The van der Waals surface area contributed by atoms with Gasteiger partial charge in [0.05, 0.1) is 18.1 Å². The molecule has 0 radical (unpaired) electrons. The molecule has 1 amide bonds. The van der Waals surface area contributed by atoms with Crippen LogP contribution in [0.2, 0.25) is 0 Å². The molecule has 0 bridgehead atoms.